The lowest BCUT2D eigenvalue weighted by molar-refractivity contribution is 0.274. The molecule has 0 aliphatic heterocycles. The second-order valence-electron chi connectivity index (χ2n) is 2.17. The van der Waals surface area contributed by atoms with Gasteiger partial charge in [-0.15, -0.1) is 0 Å². The highest BCUT2D eigenvalue weighted by Gasteiger charge is 2.27. The summed E-state index contributed by atoms with van der Waals surface area (Å²) in [6.45, 7) is 0.368. The van der Waals surface area contributed by atoms with Gasteiger partial charge in [0.05, 0.1) is 6.61 Å². The molecule has 1 rings (SSSR count). The van der Waals surface area contributed by atoms with Crippen LogP contribution < -0.4 is 0 Å². The van der Waals surface area contributed by atoms with E-state index in [9.17, 15) is 0 Å². The van der Waals surface area contributed by atoms with Crippen LogP contribution in [0.15, 0.2) is 12.4 Å². The van der Waals surface area contributed by atoms with Crippen LogP contribution in [0.25, 0.3) is 0 Å². The topological polar surface area (TPSA) is 38.0 Å². The van der Waals surface area contributed by atoms with Gasteiger partial charge in [-0.2, -0.15) is 0 Å². The first-order valence-corrected chi connectivity index (χ1v) is 4.38. The van der Waals surface area contributed by atoms with Crippen molar-refractivity contribution in [1.29, 1.82) is 0 Å². The number of hydrogen-bond acceptors (Lipinski definition) is 2. The quantitative estimate of drug-likeness (QED) is 0.784. The highest BCUT2D eigenvalue weighted by molar-refractivity contribution is 6.66. The van der Waals surface area contributed by atoms with Crippen molar-refractivity contribution in [3.8, 4) is 0 Å². The van der Waals surface area contributed by atoms with Crippen LogP contribution in [-0.4, -0.2) is 21.3 Å². The molecule has 12 heavy (non-hydrogen) atoms. The van der Waals surface area contributed by atoms with Gasteiger partial charge >= 0.3 is 0 Å². The lowest BCUT2D eigenvalue weighted by atomic mass is 10.6. The van der Waals surface area contributed by atoms with Gasteiger partial charge in [-0.05, 0) is 0 Å². The molecule has 68 valence electrons. The third-order valence-electron chi connectivity index (χ3n) is 1.31. The van der Waals surface area contributed by atoms with E-state index in [1.165, 1.54) is 6.20 Å². The molecular weight excluding hydrogens is 222 g/mol. The SMILES string of the molecule is OCCn1ccnc1C(Cl)(Cl)Cl. The zero-order valence-electron chi connectivity index (χ0n) is 6.04. The summed E-state index contributed by atoms with van der Waals surface area (Å²) in [6.07, 6.45) is 3.17. The van der Waals surface area contributed by atoms with E-state index < -0.39 is 3.79 Å². The van der Waals surface area contributed by atoms with Crippen molar-refractivity contribution in [2.45, 2.75) is 10.3 Å². The van der Waals surface area contributed by atoms with Crippen LogP contribution in [0.4, 0.5) is 0 Å². The van der Waals surface area contributed by atoms with E-state index in [0.29, 0.717) is 12.4 Å². The second-order valence-corrected chi connectivity index (χ2v) is 4.45. The summed E-state index contributed by atoms with van der Waals surface area (Å²) < 4.78 is 0.0612. The molecule has 0 atom stereocenters. The van der Waals surface area contributed by atoms with Crippen molar-refractivity contribution in [1.82, 2.24) is 9.55 Å². The summed E-state index contributed by atoms with van der Waals surface area (Å²) in [5, 5.41) is 8.65. The molecule has 0 bridgehead atoms. The molecule has 1 heterocycles. The molecule has 1 aromatic rings. The second kappa shape index (κ2) is 3.83. The van der Waals surface area contributed by atoms with E-state index in [-0.39, 0.29) is 6.61 Å². The number of alkyl halides is 3. The third kappa shape index (κ3) is 2.26. The van der Waals surface area contributed by atoms with E-state index in [2.05, 4.69) is 4.98 Å². The van der Waals surface area contributed by atoms with Crippen LogP contribution in [0.1, 0.15) is 5.82 Å². The fraction of sp³-hybridized carbons (Fsp3) is 0.500. The fourth-order valence-electron chi connectivity index (χ4n) is 0.853. The fourth-order valence-corrected chi connectivity index (χ4v) is 1.33. The molecule has 6 heteroatoms. The summed E-state index contributed by atoms with van der Waals surface area (Å²) in [6, 6.07) is 0. The van der Waals surface area contributed by atoms with Crippen molar-refractivity contribution >= 4 is 34.8 Å². The van der Waals surface area contributed by atoms with Gasteiger partial charge in [0.1, 0.15) is 0 Å². The van der Waals surface area contributed by atoms with Gasteiger partial charge in [0, 0.05) is 18.9 Å². The Balaban J connectivity index is 2.91. The first-order valence-electron chi connectivity index (χ1n) is 3.25. The number of imidazole rings is 1. The zero-order valence-corrected chi connectivity index (χ0v) is 8.31. The average Bonchev–Trinajstić information content (AvgIpc) is 2.34. The summed E-state index contributed by atoms with van der Waals surface area (Å²) in [4.78, 5) is 3.86. The minimum Gasteiger partial charge on any atom is -0.395 e. The molecule has 0 saturated heterocycles. The van der Waals surface area contributed by atoms with Crippen LogP contribution in [0.5, 0.6) is 0 Å². The van der Waals surface area contributed by atoms with E-state index in [0.717, 1.165) is 0 Å². The number of halogens is 3. The van der Waals surface area contributed by atoms with Crippen molar-refractivity contribution in [2.24, 2.45) is 0 Å². The van der Waals surface area contributed by atoms with Crippen LogP contribution >= 0.6 is 34.8 Å². The number of aromatic nitrogens is 2. The molecule has 0 spiro atoms. The minimum absolute atomic E-state index is 0.00981. The monoisotopic (exact) mass is 228 g/mol. The number of hydrogen-bond donors (Lipinski definition) is 1. The van der Waals surface area contributed by atoms with Crippen LogP contribution in [0.2, 0.25) is 0 Å². The molecule has 0 unspecified atom stereocenters. The number of nitrogens with zero attached hydrogens (tertiary/aromatic N) is 2. The van der Waals surface area contributed by atoms with E-state index in [4.69, 9.17) is 39.9 Å². The molecule has 1 aromatic heterocycles. The van der Waals surface area contributed by atoms with Gasteiger partial charge in [0.2, 0.25) is 3.79 Å². The summed E-state index contributed by atoms with van der Waals surface area (Å²) in [7, 11) is 0. The van der Waals surface area contributed by atoms with Crippen LogP contribution in [-0.2, 0) is 10.3 Å². The predicted octanol–water partition coefficient (Wildman–Crippen LogP) is 1.70. The van der Waals surface area contributed by atoms with Crippen molar-refractivity contribution < 1.29 is 5.11 Å². The first kappa shape index (κ1) is 10.1. The van der Waals surface area contributed by atoms with E-state index in [1.807, 2.05) is 0 Å². The Labute approximate surface area is 84.9 Å². The number of aliphatic hydroxyl groups is 1. The van der Waals surface area contributed by atoms with Gasteiger partial charge in [-0.25, -0.2) is 4.98 Å². The Hall–Kier alpha value is 0.0400. The van der Waals surface area contributed by atoms with Crippen LogP contribution in [0, 0.1) is 0 Å². The van der Waals surface area contributed by atoms with E-state index >= 15 is 0 Å². The molecule has 3 nitrogen and oxygen atoms in total. The Bertz CT molecular complexity index is 256. The maximum atomic E-state index is 8.65. The average molecular weight is 229 g/mol. The molecule has 0 saturated carbocycles. The van der Waals surface area contributed by atoms with Gasteiger partial charge in [-0.3, -0.25) is 0 Å². The Morgan fingerprint density at radius 3 is 2.67 bits per heavy atom. The predicted molar refractivity (Wildman–Crippen MR) is 48.5 cm³/mol. The maximum absolute atomic E-state index is 8.65. The number of aliphatic hydroxyl groups excluding tert-OH is 1. The zero-order chi connectivity index (χ0) is 9.19. The van der Waals surface area contributed by atoms with E-state index in [1.54, 1.807) is 10.8 Å². The van der Waals surface area contributed by atoms with Crippen molar-refractivity contribution in [2.75, 3.05) is 6.61 Å². The molecule has 0 aromatic carbocycles. The number of rotatable bonds is 2. The van der Waals surface area contributed by atoms with Gasteiger partial charge in [-0.1, -0.05) is 34.8 Å². The van der Waals surface area contributed by atoms with Gasteiger partial charge in [0.15, 0.2) is 5.82 Å². The molecule has 0 amide bonds. The molecular formula is C6H7Cl3N2O. The van der Waals surface area contributed by atoms with Gasteiger partial charge in [0.25, 0.3) is 0 Å². The minimum atomic E-state index is -1.53. The Kier molecular flexibility index (Phi) is 3.23. The maximum Gasteiger partial charge on any atom is 0.248 e. The smallest absolute Gasteiger partial charge is 0.248 e. The summed E-state index contributed by atoms with van der Waals surface area (Å²) in [5.41, 5.74) is 0. The first-order chi connectivity index (χ1) is 5.55. The standard InChI is InChI=1S/C6H7Cl3N2O/c7-6(8,9)5-10-1-2-11(5)3-4-12/h1-2,12H,3-4H2. The molecule has 0 aliphatic rings. The molecule has 1 N–H and O–H groups in total. The summed E-state index contributed by atoms with van der Waals surface area (Å²) >= 11 is 16.8. The van der Waals surface area contributed by atoms with Crippen molar-refractivity contribution in [3.63, 3.8) is 0 Å². The van der Waals surface area contributed by atoms with Crippen molar-refractivity contribution in [3.05, 3.63) is 18.2 Å². The summed E-state index contributed by atoms with van der Waals surface area (Å²) in [5.74, 6) is 0.321. The molecule has 0 aliphatic carbocycles. The molecule has 0 radical (unpaired) electrons. The molecule has 0 fully saturated rings. The van der Waals surface area contributed by atoms with Crippen LogP contribution in [0.3, 0.4) is 0 Å². The van der Waals surface area contributed by atoms with Gasteiger partial charge < -0.3 is 9.67 Å². The highest BCUT2D eigenvalue weighted by Crippen LogP contribution is 2.36. The Morgan fingerprint density at radius 2 is 2.17 bits per heavy atom. The lowest BCUT2D eigenvalue weighted by Crippen LogP contribution is -2.13. The Morgan fingerprint density at radius 1 is 1.50 bits per heavy atom. The third-order valence-corrected chi connectivity index (χ3v) is 1.82. The lowest BCUT2D eigenvalue weighted by Gasteiger charge is -2.12. The highest BCUT2D eigenvalue weighted by atomic mass is 35.6. The normalized spacial score (nSPS) is 12.0. The largest absolute Gasteiger partial charge is 0.395 e.